The number of nitrogens with one attached hydrogen (secondary N) is 2. The molecular weight excluding hydrogens is 445 g/mol. The van der Waals surface area contributed by atoms with Gasteiger partial charge in [0.25, 0.3) is 5.91 Å². The van der Waals surface area contributed by atoms with Crippen molar-refractivity contribution in [1.29, 1.82) is 0 Å². The average molecular weight is 470 g/mol. The normalized spacial score (nSPS) is 12.0. The molecule has 3 aromatic rings. The smallest absolute Gasteiger partial charge is 0.253 e. The lowest BCUT2D eigenvalue weighted by atomic mass is 10.1. The van der Waals surface area contributed by atoms with E-state index in [1.165, 1.54) is 24.3 Å². The predicted octanol–water partition coefficient (Wildman–Crippen LogP) is 3.72. The summed E-state index contributed by atoms with van der Waals surface area (Å²) < 4.78 is 39.3. The Labute approximate surface area is 192 Å². The van der Waals surface area contributed by atoms with Crippen LogP contribution in [0.4, 0.5) is 15.8 Å². The van der Waals surface area contributed by atoms with Crippen molar-refractivity contribution in [2.45, 2.75) is 13.0 Å². The maximum absolute atomic E-state index is 14.2. The molecule has 0 spiro atoms. The van der Waals surface area contributed by atoms with E-state index in [9.17, 15) is 22.4 Å². The third-order valence-corrected chi connectivity index (χ3v) is 6.03. The molecule has 0 aliphatic heterocycles. The highest BCUT2D eigenvalue weighted by atomic mass is 32.2. The Hall–Kier alpha value is -3.72. The van der Waals surface area contributed by atoms with E-state index >= 15 is 0 Å². The molecule has 2 amide bonds. The molecule has 33 heavy (non-hydrogen) atoms. The highest BCUT2D eigenvalue weighted by Gasteiger charge is 2.24. The van der Waals surface area contributed by atoms with Crippen molar-refractivity contribution in [2.24, 2.45) is 0 Å². The summed E-state index contributed by atoms with van der Waals surface area (Å²) >= 11 is 0. The summed E-state index contributed by atoms with van der Waals surface area (Å²) in [5.74, 6) is -1.90. The van der Waals surface area contributed by atoms with Crippen LogP contribution in [-0.4, -0.2) is 33.0 Å². The van der Waals surface area contributed by atoms with E-state index in [-0.39, 0.29) is 23.0 Å². The summed E-state index contributed by atoms with van der Waals surface area (Å²) in [6.45, 7) is 1.18. The van der Waals surface area contributed by atoms with Gasteiger partial charge in [0.15, 0.2) is 0 Å². The number of halogens is 1. The monoisotopic (exact) mass is 469 g/mol. The van der Waals surface area contributed by atoms with Gasteiger partial charge in [0.1, 0.15) is 12.4 Å². The molecule has 1 atom stereocenters. The summed E-state index contributed by atoms with van der Waals surface area (Å²) in [6.07, 6.45) is 0.888. The first-order chi connectivity index (χ1) is 15.7. The third-order valence-electron chi connectivity index (χ3n) is 4.90. The third kappa shape index (κ3) is 6.17. The summed E-state index contributed by atoms with van der Waals surface area (Å²) in [5.41, 5.74) is 1.10. The SMILES string of the molecule is CC(NC(=O)c1ccccc1NC(=O)CN(c1ccccc1F)S(C)(=O)=O)c1ccccc1. The van der Waals surface area contributed by atoms with Gasteiger partial charge in [-0.3, -0.25) is 13.9 Å². The Kier molecular flexibility index (Phi) is 7.44. The summed E-state index contributed by atoms with van der Waals surface area (Å²) in [5, 5.41) is 5.45. The highest BCUT2D eigenvalue weighted by Crippen LogP contribution is 2.22. The Balaban J connectivity index is 1.77. The summed E-state index contributed by atoms with van der Waals surface area (Å²) in [4.78, 5) is 25.6. The van der Waals surface area contributed by atoms with Crippen molar-refractivity contribution in [1.82, 2.24) is 5.32 Å². The maximum Gasteiger partial charge on any atom is 0.253 e. The quantitative estimate of drug-likeness (QED) is 0.526. The van der Waals surface area contributed by atoms with Gasteiger partial charge in [-0.1, -0.05) is 54.6 Å². The minimum Gasteiger partial charge on any atom is -0.345 e. The van der Waals surface area contributed by atoms with Gasteiger partial charge >= 0.3 is 0 Å². The largest absolute Gasteiger partial charge is 0.345 e. The highest BCUT2D eigenvalue weighted by molar-refractivity contribution is 7.92. The number of hydrogen-bond acceptors (Lipinski definition) is 4. The van der Waals surface area contributed by atoms with Crippen LogP contribution in [0.1, 0.15) is 28.9 Å². The number of amides is 2. The summed E-state index contributed by atoms with van der Waals surface area (Å²) in [7, 11) is -3.95. The fraction of sp³-hybridized carbons (Fsp3) is 0.167. The van der Waals surface area contributed by atoms with Crippen LogP contribution in [-0.2, 0) is 14.8 Å². The first kappa shape index (κ1) is 23.9. The van der Waals surface area contributed by atoms with Crippen LogP contribution >= 0.6 is 0 Å². The van der Waals surface area contributed by atoms with Gasteiger partial charge in [-0.2, -0.15) is 0 Å². The lowest BCUT2D eigenvalue weighted by Gasteiger charge is -2.22. The zero-order chi connectivity index (χ0) is 24.0. The van der Waals surface area contributed by atoms with Crippen LogP contribution in [0.3, 0.4) is 0 Å². The van der Waals surface area contributed by atoms with Crippen LogP contribution < -0.4 is 14.9 Å². The van der Waals surface area contributed by atoms with Gasteiger partial charge in [0.2, 0.25) is 15.9 Å². The van der Waals surface area contributed by atoms with Gasteiger partial charge in [0, 0.05) is 0 Å². The molecular formula is C24H24FN3O4S. The molecule has 0 aliphatic carbocycles. The van der Waals surface area contributed by atoms with E-state index in [1.807, 2.05) is 37.3 Å². The summed E-state index contributed by atoms with van der Waals surface area (Å²) in [6, 6.07) is 20.8. The number of carbonyl (C=O) groups is 2. The molecule has 172 valence electrons. The van der Waals surface area contributed by atoms with Gasteiger partial charge in [0.05, 0.1) is 29.2 Å². The topological polar surface area (TPSA) is 95.6 Å². The molecule has 3 aromatic carbocycles. The standard InChI is InChI=1S/C24H24FN3O4S/c1-17(18-10-4-3-5-11-18)26-24(30)19-12-6-8-14-21(19)27-23(29)16-28(33(2,31)32)22-15-9-7-13-20(22)25/h3-15,17H,16H2,1-2H3,(H,26,30)(H,27,29). The molecule has 0 radical (unpaired) electrons. The molecule has 7 nitrogen and oxygen atoms in total. The lowest BCUT2D eigenvalue weighted by molar-refractivity contribution is -0.114. The van der Waals surface area contributed by atoms with Crippen molar-refractivity contribution in [2.75, 3.05) is 22.4 Å². The minimum absolute atomic E-state index is 0.210. The second kappa shape index (κ2) is 10.3. The van der Waals surface area contributed by atoms with E-state index in [0.29, 0.717) is 4.31 Å². The Bertz CT molecular complexity index is 1250. The van der Waals surface area contributed by atoms with E-state index in [0.717, 1.165) is 17.9 Å². The van der Waals surface area contributed by atoms with Crippen LogP contribution in [0.25, 0.3) is 0 Å². The number of para-hydroxylation sites is 2. The lowest BCUT2D eigenvalue weighted by Crippen LogP contribution is -2.38. The molecule has 0 aliphatic rings. The minimum atomic E-state index is -3.95. The Morgan fingerprint density at radius 3 is 2.21 bits per heavy atom. The average Bonchev–Trinajstić information content (AvgIpc) is 2.78. The molecule has 0 heterocycles. The number of carbonyl (C=O) groups excluding carboxylic acids is 2. The van der Waals surface area contributed by atoms with E-state index in [1.54, 1.807) is 18.2 Å². The molecule has 0 saturated carbocycles. The Morgan fingerprint density at radius 2 is 1.55 bits per heavy atom. The van der Waals surface area contributed by atoms with Crippen molar-refractivity contribution >= 4 is 33.2 Å². The van der Waals surface area contributed by atoms with Crippen molar-refractivity contribution < 1.29 is 22.4 Å². The van der Waals surface area contributed by atoms with Gasteiger partial charge in [-0.25, -0.2) is 12.8 Å². The van der Waals surface area contributed by atoms with Crippen molar-refractivity contribution in [3.63, 3.8) is 0 Å². The number of hydrogen-bond donors (Lipinski definition) is 2. The van der Waals surface area contributed by atoms with Crippen molar-refractivity contribution in [3.05, 3.63) is 95.8 Å². The van der Waals surface area contributed by atoms with Crippen molar-refractivity contribution in [3.8, 4) is 0 Å². The number of sulfonamides is 1. The van der Waals surface area contributed by atoms with Gasteiger partial charge in [-0.05, 0) is 36.8 Å². The van der Waals surface area contributed by atoms with Crippen LogP contribution in [0.2, 0.25) is 0 Å². The molecule has 3 rings (SSSR count). The molecule has 1 unspecified atom stereocenters. The molecule has 2 N–H and O–H groups in total. The molecule has 0 aromatic heterocycles. The zero-order valence-corrected chi connectivity index (χ0v) is 19.0. The zero-order valence-electron chi connectivity index (χ0n) is 18.2. The number of anilines is 2. The second-order valence-corrected chi connectivity index (χ2v) is 9.33. The molecule has 0 fully saturated rings. The first-order valence-corrected chi connectivity index (χ1v) is 12.0. The fourth-order valence-electron chi connectivity index (χ4n) is 3.24. The number of benzene rings is 3. The molecule has 0 saturated heterocycles. The molecule has 9 heteroatoms. The van der Waals surface area contributed by atoms with E-state index < -0.39 is 34.2 Å². The predicted molar refractivity (Wildman–Crippen MR) is 126 cm³/mol. The van der Waals surface area contributed by atoms with Gasteiger partial charge < -0.3 is 10.6 Å². The maximum atomic E-state index is 14.2. The van der Waals surface area contributed by atoms with E-state index in [2.05, 4.69) is 10.6 Å². The number of nitrogens with zero attached hydrogens (tertiary/aromatic N) is 1. The van der Waals surface area contributed by atoms with E-state index in [4.69, 9.17) is 0 Å². The second-order valence-electron chi connectivity index (χ2n) is 7.42. The number of rotatable bonds is 8. The Morgan fingerprint density at radius 1 is 0.939 bits per heavy atom. The van der Waals surface area contributed by atoms with Crippen LogP contribution in [0, 0.1) is 5.82 Å². The van der Waals surface area contributed by atoms with Crippen LogP contribution in [0.15, 0.2) is 78.9 Å². The van der Waals surface area contributed by atoms with Crippen LogP contribution in [0.5, 0.6) is 0 Å². The first-order valence-electron chi connectivity index (χ1n) is 10.1. The molecule has 0 bridgehead atoms. The fourth-order valence-corrected chi connectivity index (χ4v) is 4.10. The van der Waals surface area contributed by atoms with Gasteiger partial charge in [-0.15, -0.1) is 0 Å².